The third-order valence-corrected chi connectivity index (χ3v) is 4.60. The van der Waals surface area contributed by atoms with Gasteiger partial charge in [0.25, 0.3) is 0 Å². The molecule has 134 valence electrons. The summed E-state index contributed by atoms with van der Waals surface area (Å²) in [4.78, 5) is 13.9. The van der Waals surface area contributed by atoms with E-state index in [-0.39, 0.29) is 11.2 Å². The Morgan fingerprint density at radius 1 is 1.04 bits per heavy atom. The van der Waals surface area contributed by atoms with Gasteiger partial charge in [-0.05, 0) is 61.2 Å². The Kier molecular flexibility index (Phi) is 6.27. The van der Waals surface area contributed by atoms with E-state index in [1.165, 1.54) is 12.1 Å². The third kappa shape index (κ3) is 5.08. The Morgan fingerprint density at radius 3 is 2.20 bits per heavy atom. The Labute approximate surface area is 153 Å². The molecule has 0 unspecified atom stereocenters. The van der Waals surface area contributed by atoms with Crippen molar-refractivity contribution in [3.8, 4) is 0 Å². The number of hydrogen-bond acceptors (Lipinski definition) is 1. The second-order valence-corrected chi connectivity index (χ2v) is 6.45. The zero-order chi connectivity index (χ0) is 18.6. The van der Waals surface area contributed by atoms with Crippen LogP contribution in [0.25, 0.3) is 0 Å². The fourth-order valence-corrected chi connectivity index (χ4v) is 2.77. The first-order valence-corrected chi connectivity index (χ1v) is 8.94. The van der Waals surface area contributed by atoms with Crippen molar-refractivity contribution in [1.29, 1.82) is 0 Å². The lowest BCUT2D eigenvalue weighted by atomic mass is 10.1. The Morgan fingerprint density at radius 2 is 1.68 bits per heavy atom. The molecule has 2 nitrogen and oxygen atoms in total. The summed E-state index contributed by atoms with van der Waals surface area (Å²) in [5.74, 6) is -0.0878. The van der Waals surface area contributed by atoms with Gasteiger partial charge < -0.3 is 4.90 Å². The molecule has 0 N–H and O–H groups in total. The van der Waals surface area contributed by atoms with E-state index in [0.717, 1.165) is 34.5 Å². The maximum absolute atomic E-state index is 12.6. The van der Waals surface area contributed by atoms with E-state index in [4.69, 9.17) is 0 Å². The molecule has 1 amide bonds. The summed E-state index contributed by atoms with van der Waals surface area (Å²) >= 11 is 3.19. The smallest absolute Gasteiger partial charge is 0.311 e. The van der Waals surface area contributed by atoms with Gasteiger partial charge in [0, 0.05) is 12.2 Å². The van der Waals surface area contributed by atoms with Crippen LogP contribution in [-0.2, 0) is 17.4 Å². The van der Waals surface area contributed by atoms with Gasteiger partial charge in [-0.1, -0.05) is 34.1 Å². The quantitative estimate of drug-likeness (QED) is 0.609. The van der Waals surface area contributed by atoms with Crippen LogP contribution in [0.2, 0.25) is 0 Å². The maximum atomic E-state index is 12.6. The molecule has 2 aromatic carbocycles. The van der Waals surface area contributed by atoms with Gasteiger partial charge in [-0.2, -0.15) is 13.2 Å². The van der Waals surface area contributed by atoms with E-state index < -0.39 is 11.7 Å². The van der Waals surface area contributed by atoms with Crippen LogP contribution in [0.15, 0.2) is 42.5 Å². The van der Waals surface area contributed by atoms with E-state index in [0.29, 0.717) is 13.0 Å². The van der Waals surface area contributed by atoms with Crippen molar-refractivity contribution in [1.82, 2.24) is 0 Å². The fraction of sp³-hybridized carbons (Fsp3) is 0.316. The highest BCUT2D eigenvalue weighted by atomic mass is 79.9. The van der Waals surface area contributed by atoms with Gasteiger partial charge >= 0.3 is 6.18 Å². The lowest BCUT2D eigenvalue weighted by Crippen LogP contribution is -2.33. The van der Waals surface area contributed by atoms with E-state index in [1.54, 1.807) is 4.90 Å². The number of alkyl halides is 4. The summed E-state index contributed by atoms with van der Waals surface area (Å²) in [7, 11) is 0. The largest absolute Gasteiger partial charge is 0.416 e. The van der Waals surface area contributed by atoms with Crippen molar-refractivity contribution in [2.75, 3.05) is 16.8 Å². The average Bonchev–Trinajstić information content (AvgIpc) is 2.57. The minimum Gasteiger partial charge on any atom is -0.311 e. The summed E-state index contributed by atoms with van der Waals surface area (Å²) in [6.45, 7) is 4.38. The summed E-state index contributed by atoms with van der Waals surface area (Å²) in [5, 5.41) is 0.187. The van der Waals surface area contributed by atoms with Crippen molar-refractivity contribution in [3.05, 3.63) is 64.7 Å². The molecule has 0 saturated carbocycles. The molecule has 0 aliphatic carbocycles. The molecule has 25 heavy (non-hydrogen) atoms. The number of halogens is 4. The number of anilines is 1. The Hall–Kier alpha value is -1.82. The van der Waals surface area contributed by atoms with Gasteiger partial charge in [-0.3, -0.25) is 4.79 Å². The molecule has 0 atom stereocenters. The average molecular weight is 414 g/mol. The van der Waals surface area contributed by atoms with Gasteiger partial charge in [-0.25, -0.2) is 0 Å². The van der Waals surface area contributed by atoms with Crippen molar-refractivity contribution in [2.24, 2.45) is 0 Å². The minimum atomic E-state index is -4.34. The molecule has 0 aliphatic heterocycles. The predicted molar refractivity (Wildman–Crippen MR) is 97.2 cm³/mol. The number of carbonyl (C=O) groups is 1. The molecule has 0 spiro atoms. The monoisotopic (exact) mass is 413 g/mol. The maximum Gasteiger partial charge on any atom is 0.416 e. The van der Waals surface area contributed by atoms with Crippen molar-refractivity contribution in [2.45, 2.75) is 26.4 Å². The van der Waals surface area contributed by atoms with Crippen LogP contribution in [0.3, 0.4) is 0 Å². The molecular formula is C19H19BrF3NO. The van der Waals surface area contributed by atoms with Gasteiger partial charge in [0.15, 0.2) is 0 Å². The highest BCUT2D eigenvalue weighted by molar-refractivity contribution is 9.09. The van der Waals surface area contributed by atoms with Crippen LogP contribution in [0.1, 0.15) is 22.3 Å². The molecular weight excluding hydrogens is 395 g/mol. The number of carbonyl (C=O) groups excluding carboxylic acids is 1. The zero-order valence-electron chi connectivity index (χ0n) is 14.0. The van der Waals surface area contributed by atoms with Crippen molar-refractivity contribution in [3.63, 3.8) is 0 Å². The number of aryl methyl sites for hydroxylation is 2. The second-order valence-electron chi connectivity index (χ2n) is 5.89. The lowest BCUT2D eigenvalue weighted by molar-refractivity contribution is -0.137. The molecule has 2 aromatic rings. The highest BCUT2D eigenvalue weighted by Gasteiger charge is 2.29. The standard InChI is InChI=1S/C19H19BrF3NO/c1-13-3-8-17(11-14(13)2)24(18(25)12-20)10-9-15-4-6-16(7-5-15)19(21,22)23/h3-8,11H,9-10,12H2,1-2H3. The lowest BCUT2D eigenvalue weighted by Gasteiger charge is -2.23. The first kappa shape index (κ1) is 19.5. The summed E-state index contributed by atoms with van der Waals surface area (Å²) in [5.41, 5.74) is 3.10. The van der Waals surface area contributed by atoms with Crippen molar-refractivity contribution < 1.29 is 18.0 Å². The highest BCUT2D eigenvalue weighted by Crippen LogP contribution is 2.29. The van der Waals surface area contributed by atoms with Gasteiger partial charge in [-0.15, -0.1) is 0 Å². The van der Waals surface area contributed by atoms with E-state index in [2.05, 4.69) is 15.9 Å². The Bertz CT molecular complexity index is 741. The zero-order valence-corrected chi connectivity index (χ0v) is 15.6. The van der Waals surface area contributed by atoms with Crippen molar-refractivity contribution >= 4 is 27.5 Å². The number of nitrogens with zero attached hydrogens (tertiary/aromatic N) is 1. The molecule has 0 aliphatic rings. The molecule has 0 heterocycles. The summed E-state index contributed by atoms with van der Waals surface area (Å²) in [6.07, 6.45) is -3.86. The summed E-state index contributed by atoms with van der Waals surface area (Å²) in [6, 6.07) is 10.8. The van der Waals surface area contributed by atoms with Gasteiger partial charge in [0.1, 0.15) is 0 Å². The van der Waals surface area contributed by atoms with Gasteiger partial charge in [0.2, 0.25) is 5.91 Å². The van der Waals surface area contributed by atoms with Gasteiger partial charge in [0.05, 0.1) is 10.9 Å². The van der Waals surface area contributed by atoms with Crippen LogP contribution in [0.4, 0.5) is 18.9 Å². The number of rotatable bonds is 5. The van der Waals surface area contributed by atoms with Crippen LogP contribution in [0.5, 0.6) is 0 Å². The fourth-order valence-electron chi connectivity index (χ4n) is 2.46. The number of benzene rings is 2. The molecule has 0 saturated heterocycles. The van der Waals surface area contributed by atoms with Crippen LogP contribution >= 0.6 is 15.9 Å². The second kappa shape index (κ2) is 8.04. The minimum absolute atomic E-state index is 0.0878. The molecule has 6 heteroatoms. The van der Waals surface area contributed by atoms with E-state index >= 15 is 0 Å². The topological polar surface area (TPSA) is 20.3 Å². The molecule has 0 fully saturated rings. The first-order valence-electron chi connectivity index (χ1n) is 7.82. The van der Waals surface area contributed by atoms with Crippen LogP contribution < -0.4 is 4.90 Å². The van der Waals surface area contributed by atoms with E-state index in [9.17, 15) is 18.0 Å². The number of amides is 1. The third-order valence-electron chi connectivity index (χ3n) is 4.12. The van der Waals surface area contributed by atoms with E-state index in [1.807, 2.05) is 32.0 Å². The Balaban J connectivity index is 2.15. The predicted octanol–water partition coefficient (Wildman–Crippen LogP) is 5.29. The molecule has 0 bridgehead atoms. The van der Waals surface area contributed by atoms with Crippen LogP contribution in [-0.4, -0.2) is 17.8 Å². The normalized spacial score (nSPS) is 11.4. The SMILES string of the molecule is Cc1ccc(N(CCc2ccc(C(F)(F)F)cc2)C(=O)CBr)cc1C. The molecule has 0 radical (unpaired) electrons. The van der Waals surface area contributed by atoms with Crippen LogP contribution in [0, 0.1) is 13.8 Å². The molecule has 0 aromatic heterocycles. The first-order chi connectivity index (χ1) is 11.7. The summed E-state index contributed by atoms with van der Waals surface area (Å²) < 4.78 is 37.9. The molecule has 2 rings (SSSR count). The number of hydrogen-bond donors (Lipinski definition) is 0.